The van der Waals surface area contributed by atoms with Gasteiger partial charge in [-0.3, -0.25) is 14.5 Å². The van der Waals surface area contributed by atoms with Gasteiger partial charge in [-0.05, 0) is 56.2 Å². The summed E-state index contributed by atoms with van der Waals surface area (Å²) in [4.78, 5) is 40.2. The molecular weight excluding hydrogens is 390 g/mol. The van der Waals surface area contributed by atoms with Gasteiger partial charge in [0.2, 0.25) is 0 Å². The number of imide groups is 1. The molecule has 2 aromatic rings. The number of rotatable bonds is 6. The molecule has 1 spiro atoms. The Morgan fingerprint density at radius 1 is 1.16 bits per heavy atom. The van der Waals surface area contributed by atoms with E-state index in [9.17, 15) is 14.4 Å². The maximum atomic E-state index is 13.3. The van der Waals surface area contributed by atoms with Crippen molar-refractivity contribution in [3.63, 3.8) is 0 Å². The second kappa shape index (κ2) is 7.98. The first-order chi connectivity index (χ1) is 14.7. The molecule has 2 heterocycles. The molecule has 0 saturated carbocycles. The van der Waals surface area contributed by atoms with Gasteiger partial charge in [0.25, 0.3) is 5.91 Å². The second-order valence-electron chi connectivity index (χ2n) is 9.39. The first-order valence-corrected chi connectivity index (χ1v) is 11.1. The lowest BCUT2D eigenvalue weighted by atomic mass is 9.78. The van der Waals surface area contributed by atoms with Crippen LogP contribution in [0, 0.1) is 19.8 Å². The molecule has 6 heteroatoms. The van der Waals surface area contributed by atoms with Gasteiger partial charge in [-0.25, -0.2) is 4.79 Å². The fourth-order valence-electron chi connectivity index (χ4n) is 4.89. The number of urea groups is 1. The molecule has 3 amide bonds. The molecule has 164 valence electrons. The number of benzene rings is 1. The van der Waals surface area contributed by atoms with Crippen molar-refractivity contribution in [3.05, 3.63) is 58.4 Å². The van der Waals surface area contributed by atoms with Crippen molar-refractivity contribution in [1.29, 1.82) is 0 Å². The van der Waals surface area contributed by atoms with Crippen molar-refractivity contribution < 1.29 is 14.4 Å². The normalized spacial score (nSPS) is 20.5. The number of hydrogen-bond acceptors (Lipinski definition) is 3. The third-order valence-electron chi connectivity index (χ3n) is 6.78. The fraction of sp³-hybridized carbons (Fsp3) is 0.480. The predicted octanol–water partition coefficient (Wildman–Crippen LogP) is 3.81. The zero-order valence-electron chi connectivity index (χ0n) is 18.8. The van der Waals surface area contributed by atoms with Gasteiger partial charge in [0.1, 0.15) is 5.54 Å². The number of nitrogens with zero attached hydrogens (tertiary/aromatic N) is 2. The zero-order valence-corrected chi connectivity index (χ0v) is 18.8. The molecule has 1 fully saturated rings. The Balaban J connectivity index is 1.52. The molecule has 1 saturated heterocycles. The standard InChI is InChI=1S/C25H31N3O3/c1-16(2)10-12-27-17(3)13-21(18(27)4)22(29)15-28-23(30)25(26-24(28)31)11-9-19-7-5-6-8-20(19)14-25/h5-8,13,16H,9-12,14-15H2,1-4H3,(H,26,31)/t25-/m1/s1. The minimum Gasteiger partial charge on any atom is -0.348 e. The minimum atomic E-state index is -0.931. The molecule has 31 heavy (non-hydrogen) atoms. The van der Waals surface area contributed by atoms with Crippen LogP contribution in [-0.2, 0) is 24.2 Å². The van der Waals surface area contributed by atoms with Gasteiger partial charge in [0.05, 0.1) is 6.54 Å². The van der Waals surface area contributed by atoms with Crippen LogP contribution in [0.4, 0.5) is 4.79 Å². The molecule has 1 aromatic carbocycles. The summed E-state index contributed by atoms with van der Waals surface area (Å²) >= 11 is 0. The minimum absolute atomic E-state index is 0.194. The molecule has 1 aliphatic heterocycles. The number of carbonyl (C=O) groups excluding carboxylic acids is 3. The molecule has 0 radical (unpaired) electrons. The van der Waals surface area contributed by atoms with Crippen molar-refractivity contribution in [2.75, 3.05) is 6.54 Å². The first-order valence-electron chi connectivity index (χ1n) is 11.1. The Morgan fingerprint density at radius 2 is 1.87 bits per heavy atom. The Morgan fingerprint density at radius 3 is 2.58 bits per heavy atom. The smallest absolute Gasteiger partial charge is 0.325 e. The van der Waals surface area contributed by atoms with Crippen LogP contribution in [0.3, 0.4) is 0 Å². The van der Waals surface area contributed by atoms with Crippen LogP contribution in [-0.4, -0.2) is 39.3 Å². The largest absolute Gasteiger partial charge is 0.348 e. The monoisotopic (exact) mass is 421 g/mol. The summed E-state index contributed by atoms with van der Waals surface area (Å²) in [5.41, 5.74) is 3.90. The third-order valence-corrected chi connectivity index (χ3v) is 6.78. The molecule has 2 aliphatic rings. The van der Waals surface area contributed by atoms with E-state index in [1.165, 1.54) is 5.56 Å². The summed E-state index contributed by atoms with van der Waals surface area (Å²) in [5, 5.41) is 2.91. The molecule has 4 rings (SSSR count). The first kappa shape index (κ1) is 21.3. The van der Waals surface area contributed by atoms with Crippen LogP contribution in [0.25, 0.3) is 0 Å². The average molecular weight is 422 g/mol. The highest BCUT2D eigenvalue weighted by molar-refractivity contribution is 6.11. The van der Waals surface area contributed by atoms with Crippen LogP contribution in [0.2, 0.25) is 0 Å². The summed E-state index contributed by atoms with van der Waals surface area (Å²) in [7, 11) is 0. The predicted molar refractivity (Wildman–Crippen MR) is 119 cm³/mol. The SMILES string of the molecule is Cc1cc(C(=O)CN2C(=O)N[C@@]3(CCc4ccccc4C3)C2=O)c(C)n1CCC(C)C. The van der Waals surface area contributed by atoms with Crippen LogP contribution in [0.15, 0.2) is 30.3 Å². The number of nitrogens with one attached hydrogen (secondary N) is 1. The second-order valence-corrected chi connectivity index (χ2v) is 9.39. The zero-order chi connectivity index (χ0) is 22.3. The van der Waals surface area contributed by atoms with Crippen molar-refractivity contribution in [1.82, 2.24) is 14.8 Å². The van der Waals surface area contributed by atoms with E-state index in [-0.39, 0.29) is 18.2 Å². The Kier molecular flexibility index (Phi) is 5.50. The molecule has 0 unspecified atom stereocenters. The maximum Gasteiger partial charge on any atom is 0.325 e. The van der Waals surface area contributed by atoms with Gasteiger partial charge in [-0.15, -0.1) is 0 Å². The number of aryl methyl sites for hydroxylation is 2. The number of aromatic nitrogens is 1. The van der Waals surface area contributed by atoms with Gasteiger partial charge in [-0.1, -0.05) is 38.1 Å². The number of carbonyl (C=O) groups is 3. The van der Waals surface area contributed by atoms with Crippen molar-refractivity contribution in [2.24, 2.45) is 5.92 Å². The quantitative estimate of drug-likeness (QED) is 0.569. The van der Waals surface area contributed by atoms with E-state index in [0.29, 0.717) is 24.3 Å². The molecule has 1 atom stereocenters. The topological polar surface area (TPSA) is 71.4 Å². The number of hydrogen-bond donors (Lipinski definition) is 1. The van der Waals surface area contributed by atoms with E-state index in [1.807, 2.05) is 38.1 Å². The Bertz CT molecular complexity index is 1050. The van der Waals surface area contributed by atoms with Gasteiger partial charge >= 0.3 is 6.03 Å². The van der Waals surface area contributed by atoms with Crippen LogP contribution < -0.4 is 5.32 Å². The Labute approximate surface area is 183 Å². The summed E-state index contributed by atoms with van der Waals surface area (Å²) in [6.45, 7) is 8.92. The average Bonchev–Trinajstić information content (AvgIpc) is 3.13. The van der Waals surface area contributed by atoms with E-state index >= 15 is 0 Å². The number of Topliss-reactive ketones (excluding diaryl/α,β-unsaturated/α-hetero) is 1. The summed E-state index contributed by atoms with van der Waals surface area (Å²) in [5.74, 6) is 0.0951. The summed E-state index contributed by atoms with van der Waals surface area (Å²) in [6, 6.07) is 9.44. The molecule has 0 bridgehead atoms. The van der Waals surface area contributed by atoms with Crippen molar-refractivity contribution in [2.45, 2.75) is 65.5 Å². The number of amides is 3. The van der Waals surface area contributed by atoms with Crippen LogP contribution >= 0.6 is 0 Å². The van der Waals surface area contributed by atoms with Crippen molar-refractivity contribution in [3.8, 4) is 0 Å². The van der Waals surface area contributed by atoms with Crippen molar-refractivity contribution >= 4 is 17.7 Å². The maximum absolute atomic E-state index is 13.3. The van der Waals surface area contributed by atoms with Gasteiger partial charge in [0, 0.05) is 29.9 Å². The molecule has 6 nitrogen and oxygen atoms in total. The lowest BCUT2D eigenvalue weighted by Gasteiger charge is -2.32. The Hall–Kier alpha value is -2.89. The van der Waals surface area contributed by atoms with E-state index in [0.717, 1.165) is 41.2 Å². The molecule has 1 aliphatic carbocycles. The lowest BCUT2D eigenvalue weighted by molar-refractivity contribution is -0.131. The highest BCUT2D eigenvalue weighted by atomic mass is 16.2. The lowest BCUT2D eigenvalue weighted by Crippen LogP contribution is -2.51. The van der Waals surface area contributed by atoms with Gasteiger partial charge in [0.15, 0.2) is 5.78 Å². The highest BCUT2D eigenvalue weighted by Crippen LogP contribution is 2.33. The van der Waals surface area contributed by atoms with E-state index in [1.54, 1.807) is 0 Å². The van der Waals surface area contributed by atoms with E-state index in [4.69, 9.17) is 0 Å². The van der Waals surface area contributed by atoms with Gasteiger partial charge in [-0.2, -0.15) is 0 Å². The molecule has 1 N–H and O–H groups in total. The molecule has 1 aromatic heterocycles. The summed E-state index contributed by atoms with van der Waals surface area (Å²) < 4.78 is 2.15. The van der Waals surface area contributed by atoms with Crippen LogP contribution in [0.1, 0.15) is 59.6 Å². The number of ketones is 1. The third kappa shape index (κ3) is 3.80. The number of fused-ring (bicyclic) bond motifs is 1. The fourth-order valence-corrected chi connectivity index (χ4v) is 4.89. The highest BCUT2D eigenvalue weighted by Gasteiger charge is 2.52. The molecular formula is C25H31N3O3. The van der Waals surface area contributed by atoms with E-state index in [2.05, 4.69) is 29.8 Å². The summed E-state index contributed by atoms with van der Waals surface area (Å²) in [6.07, 6.45) is 2.80. The van der Waals surface area contributed by atoms with E-state index < -0.39 is 11.6 Å². The van der Waals surface area contributed by atoms with Crippen LogP contribution in [0.5, 0.6) is 0 Å². The van der Waals surface area contributed by atoms with Gasteiger partial charge < -0.3 is 9.88 Å².